The van der Waals surface area contributed by atoms with Gasteiger partial charge >= 0.3 is 6.61 Å². The topological polar surface area (TPSA) is 120 Å². The summed E-state index contributed by atoms with van der Waals surface area (Å²) in [6, 6.07) is 13.3. The third-order valence-corrected chi connectivity index (χ3v) is 4.78. The summed E-state index contributed by atoms with van der Waals surface area (Å²) in [4.78, 5) is 35.7. The second kappa shape index (κ2) is 10.6. The van der Waals surface area contributed by atoms with Crippen LogP contribution in [0.4, 0.5) is 25.8 Å². The Hall–Kier alpha value is -4.25. The average molecular weight is 492 g/mol. The van der Waals surface area contributed by atoms with Gasteiger partial charge in [0.1, 0.15) is 0 Å². The minimum atomic E-state index is -3.10. The molecule has 0 bridgehead atoms. The highest BCUT2D eigenvalue weighted by Crippen LogP contribution is 2.32. The zero-order valence-corrected chi connectivity index (χ0v) is 18.1. The summed E-state index contributed by atoms with van der Waals surface area (Å²) in [7, 11) is 1.28. The molecule has 3 rings (SSSR count). The summed E-state index contributed by atoms with van der Waals surface area (Å²) in [5.41, 5.74) is 0.00133. The van der Waals surface area contributed by atoms with E-state index in [1.165, 1.54) is 43.5 Å². The van der Waals surface area contributed by atoms with Gasteiger partial charge in [-0.15, -0.1) is 0 Å². The highest BCUT2D eigenvalue weighted by Gasteiger charge is 2.19. The molecule has 0 aliphatic rings. The number of nitrogens with zero attached hydrogens (tertiary/aromatic N) is 1. The summed E-state index contributed by atoms with van der Waals surface area (Å²) >= 11 is 6.00. The lowest BCUT2D eigenvalue weighted by Gasteiger charge is -2.14. The molecule has 0 aliphatic carbocycles. The number of alkyl halides is 2. The van der Waals surface area contributed by atoms with E-state index in [-0.39, 0.29) is 44.7 Å². The highest BCUT2D eigenvalue weighted by atomic mass is 35.5. The van der Waals surface area contributed by atoms with Crippen LogP contribution in [0.1, 0.15) is 20.7 Å². The van der Waals surface area contributed by atoms with Crippen LogP contribution in [-0.2, 0) is 0 Å². The molecule has 3 aromatic rings. The molecule has 3 aromatic carbocycles. The Balaban J connectivity index is 1.82. The lowest BCUT2D eigenvalue weighted by Crippen LogP contribution is -2.18. The van der Waals surface area contributed by atoms with E-state index in [2.05, 4.69) is 15.4 Å². The molecular weight excluding hydrogens is 476 g/mol. The highest BCUT2D eigenvalue weighted by molar-refractivity contribution is 6.34. The van der Waals surface area contributed by atoms with E-state index in [0.29, 0.717) is 0 Å². The minimum absolute atomic E-state index is 0.0357. The molecular formula is C22H16ClF2N3O6. The molecule has 0 aliphatic heterocycles. The van der Waals surface area contributed by atoms with E-state index in [1.807, 2.05) is 0 Å². The fourth-order valence-electron chi connectivity index (χ4n) is 2.92. The van der Waals surface area contributed by atoms with Crippen molar-refractivity contribution in [3.05, 3.63) is 86.9 Å². The number of hydrogen-bond donors (Lipinski definition) is 2. The van der Waals surface area contributed by atoms with Crippen LogP contribution in [0.5, 0.6) is 11.5 Å². The molecule has 0 unspecified atom stereocenters. The molecule has 0 radical (unpaired) electrons. The summed E-state index contributed by atoms with van der Waals surface area (Å²) < 4.78 is 34.7. The van der Waals surface area contributed by atoms with Gasteiger partial charge in [0.05, 0.1) is 33.9 Å². The third kappa shape index (κ3) is 5.75. The Labute approximate surface area is 196 Å². The van der Waals surface area contributed by atoms with Gasteiger partial charge in [-0.2, -0.15) is 8.78 Å². The molecule has 0 aromatic heterocycles. The lowest BCUT2D eigenvalue weighted by molar-refractivity contribution is -0.384. The SMILES string of the molecule is COc1ccc(NC(=O)c2ccccc2NC(=O)c2ccc([N+](=O)[O-])cc2Cl)cc1OC(F)F. The number of nitrogens with one attached hydrogen (secondary N) is 2. The fraction of sp³-hybridized carbons (Fsp3) is 0.0909. The van der Waals surface area contributed by atoms with Crippen molar-refractivity contribution >= 4 is 40.5 Å². The predicted molar refractivity (Wildman–Crippen MR) is 120 cm³/mol. The van der Waals surface area contributed by atoms with Gasteiger partial charge < -0.3 is 20.1 Å². The molecule has 34 heavy (non-hydrogen) atoms. The zero-order valence-electron chi connectivity index (χ0n) is 17.4. The molecule has 9 nitrogen and oxygen atoms in total. The van der Waals surface area contributed by atoms with E-state index in [1.54, 1.807) is 12.1 Å². The second-order valence-electron chi connectivity index (χ2n) is 6.62. The summed E-state index contributed by atoms with van der Waals surface area (Å²) in [5, 5.41) is 15.8. The number of para-hydroxylation sites is 1. The summed E-state index contributed by atoms with van der Waals surface area (Å²) in [5.74, 6) is -1.58. The van der Waals surface area contributed by atoms with Gasteiger partial charge in [0, 0.05) is 23.9 Å². The van der Waals surface area contributed by atoms with Crippen molar-refractivity contribution in [1.29, 1.82) is 0 Å². The number of amides is 2. The molecule has 0 fully saturated rings. The maximum Gasteiger partial charge on any atom is 0.387 e. The first-order valence-electron chi connectivity index (χ1n) is 9.48. The van der Waals surface area contributed by atoms with Gasteiger partial charge in [0.2, 0.25) is 0 Å². The zero-order chi connectivity index (χ0) is 24.8. The largest absolute Gasteiger partial charge is 0.493 e. The van der Waals surface area contributed by atoms with Crippen LogP contribution in [0.25, 0.3) is 0 Å². The predicted octanol–water partition coefficient (Wildman–Crippen LogP) is 5.36. The quantitative estimate of drug-likeness (QED) is 0.323. The number of carbonyl (C=O) groups excluding carboxylic acids is 2. The standard InChI is InChI=1S/C22H16ClF2N3O6/c1-33-18-9-6-12(10-19(18)34-22(24)25)26-21(30)15-4-2-3-5-17(15)27-20(29)14-8-7-13(28(31)32)11-16(14)23/h2-11,22H,1H3,(H,26,30)(H,27,29). The Morgan fingerprint density at radius 2 is 1.68 bits per heavy atom. The van der Waals surface area contributed by atoms with Crippen LogP contribution in [0, 0.1) is 10.1 Å². The van der Waals surface area contributed by atoms with Gasteiger partial charge in [-0.05, 0) is 30.3 Å². The van der Waals surface area contributed by atoms with Gasteiger partial charge in [0.25, 0.3) is 17.5 Å². The van der Waals surface area contributed by atoms with Gasteiger partial charge in [-0.3, -0.25) is 19.7 Å². The monoisotopic (exact) mass is 491 g/mol. The molecule has 2 amide bonds. The molecule has 0 atom stereocenters. The fourth-order valence-corrected chi connectivity index (χ4v) is 3.18. The molecule has 0 spiro atoms. The van der Waals surface area contributed by atoms with E-state index in [0.717, 1.165) is 12.1 Å². The maximum absolute atomic E-state index is 12.8. The number of nitro groups is 1. The number of halogens is 3. The van der Waals surface area contributed by atoms with Crippen molar-refractivity contribution in [3.8, 4) is 11.5 Å². The van der Waals surface area contributed by atoms with Gasteiger partial charge in [-0.1, -0.05) is 23.7 Å². The Morgan fingerprint density at radius 1 is 0.971 bits per heavy atom. The minimum Gasteiger partial charge on any atom is -0.493 e. The first-order valence-corrected chi connectivity index (χ1v) is 9.86. The van der Waals surface area contributed by atoms with E-state index >= 15 is 0 Å². The van der Waals surface area contributed by atoms with Crippen LogP contribution in [0.3, 0.4) is 0 Å². The number of benzene rings is 3. The first kappa shape index (κ1) is 24.4. The van der Waals surface area contributed by atoms with Crippen molar-refractivity contribution in [2.75, 3.05) is 17.7 Å². The Kier molecular flexibility index (Phi) is 7.59. The van der Waals surface area contributed by atoms with Gasteiger partial charge in [-0.25, -0.2) is 0 Å². The number of ether oxygens (including phenoxy) is 2. The first-order chi connectivity index (χ1) is 16.2. The van der Waals surface area contributed by atoms with Crippen molar-refractivity contribution in [2.45, 2.75) is 6.61 Å². The van der Waals surface area contributed by atoms with Crippen LogP contribution in [0.15, 0.2) is 60.7 Å². The average Bonchev–Trinajstić information content (AvgIpc) is 2.79. The number of carbonyl (C=O) groups is 2. The van der Waals surface area contributed by atoms with Crippen molar-refractivity contribution < 1.29 is 32.8 Å². The molecule has 0 saturated carbocycles. The normalized spacial score (nSPS) is 10.5. The third-order valence-electron chi connectivity index (χ3n) is 4.47. The van der Waals surface area contributed by atoms with Crippen LogP contribution in [-0.4, -0.2) is 30.5 Å². The number of rotatable bonds is 8. The van der Waals surface area contributed by atoms with Crippen molar-refractivity contribution in [1.82, 2.24) is 0 Å². The number of non-ortho nitro benzene ring substituents is 1. The number of hydrogen-bond acceptors (Lipinski definition) is 6. The smallest absolute Gasteiger partial charge is 0.387 e. The molecule has 12 heteroatoms. The summed E-state index contributed by atoms with van der Waals surface area (Å²) in [6.07, 6.45) is 0. The van der Waals surface area contributed by atoms with Crippen molar-refractivity contribution in [3.63, 3.8) is 0 Å². The Bertz CT molecular complexity index is 1260. The molecule has 176 valence electrons. The van der Waals surface area contributed by atoms with Crippen LogP contribution < -0.4 is 20.1 Å². The molecule has 0 heterocycles. The van der Waals surface area contributed by atoms with Crippen molar-refractivity contribution in [2.24, 2.45) is 0 Å². The number of anilines is 2. The van der Waals surface area contributed by atoms with E-state index < -0.39 is 23.3 Å². The van der Waals surface area contributed by atoms with Crippen LogP contribution >= 0.6 is 11.6 Å². The Morgan fingerprint density at radius 3 is 2.32 bits per heavy atom. The summed E-state index contributed by atoms with van der Waals surface area (Å²) in [6.45, 7) is -3.10. The van der Waals surface area contributed by atoms with Crippen LogP contribution in [0.2, 0.25) is 5.02 Å². The van der Waals surface area contributed by atoms with E-state index in [9.17, 15) is 28.5 Å². The van der Waals surface area contributed by atoms with E-state index in [4.69, 9.17) is 16.3 Å². The van der Waals surface area contributed by atoms with Gasteiger partial charge in [0.15, 0.2) is 11.5 Å². The molecule has 2 N–H and O–H groups in total. The number of nitro benzene ring substituents is 1. The molecule has 0 saturated heterocycles. The maximum atomic E-state index is 12.8. The second-order valence-corrected chi connectivity index (χ2v) is 7.03. The number of methoxy groups -OCH3 is 1. The lowest BCUT2D eigenvalue weighted by atomic mass is 10.1.